The summed E-state index contributed by atoms with van der Waals surface area (Å²) in [6.07, 6.45) is 0.718. The molecule has 0 fully saturated rings. The molecule has 0 aromatic carbocycles. The quantitative estimate of drug-likeness (QED) is 0.743. The fourth-order valence-corrected chi connectivity index (χ4v) is 2.15. The number of nitrogens with zero attached hydrogens (tertiary/aromatic N) is 1. The molecule has 0 radical (unpaired) electrons. The van der Waals surface area contributed by atoms with E-state index in [-0.39, 0.29) is 12.4 Å². The summed E-state index contributed by atoms with van der Waals surface area (Å²) in [5.41, 5.74) is 0. The molecule has 1 N–H and O–H groups in total. The number of carbonyl (C=O) groups is 1. The van der Waals surface area contributed by atoms with Gasteiger partial charge in [0.25, 0.3) is 0 Å². The number of aliphatic hydroxyl groups is 1. The summed E-state index contributed by atoms with van der Waals surface area (Å²) in [5.74, 6) is 0.168. The Labute approximate surface area is 101 Å². The van der Waals surface area contributed by atoms with Crippen molar-refractivity contribution >= 4 is 17.1 Å². The molecule has 90 valence electrons. The molecular formula is C12H19NO2S. The van der Waals surface area contributed by atoms with Crippen LogP contribution < -0.4 is 0 Å². The minimum absolute atomic E-state index is 0.168. The first kappa shape index (κ1) is 13.4. The number of thiophene rings is 1. The highest BCUT2D eigenvalue weighted by atomic mass is 32.1. The summed E-state index contributed by atoms with van der Waals surface area (Å²) in [6, 6.07) is 4.08. The molecule has 1 rings (SSSR count). The third-order valence-electron chi connectivity index (χ3n) is 2.48. The van der Waals surface area contributed by atoms with Gasteiger partial charge in [0.15, 0.2) is 5.78 Å². The van der Waals surface area contributed by atoms with E-state index in [1.165, 1.54) is 11.3 Å². The van der Waals surface area contributed by atoms with Gasteiger partial charge in [0.2, 0.25) is 0 Å². The van der Waals surface area contributed by atoms with E-state index in [4.69, 9.17) is 5.11 Å². The molecule has 0 atom stereocenters. The van der Waals surface area contributed by atoms with Crippen LogP contribution in [0.4, 0.5) is 0 Å². The van der Waals surface area contributed by atoms with Crippen molar-refractivity contribution in [1.29, 1.82) is 0 Å². The Hall–Kier alpha value is -0.710. The number of aliphatic hydroxyl groups excluding tert-OH is 1. The minimum Gasteiger partial charge on any atom is -0.396 e. The topological polar surface area (TPSA) is 40.5 Å². The fourth-order valence-electron chi connectivity index (χ4n) is 1.49. The van der Waals surface area contributed by atoms with Gasteiger partial charge in [0.05, 0.1) is 11.4 Å². The number of rotatable bonds is 7. The summed E-state index contributed by atoms with van der Waals surface area (Å²) in [7, 11) is 0. The van der Waals surface area contributed by atoms with Crippen molar-refractivity contribution in [3.63, 3.8) is 0 Å². The Morgan fingerprint density at radius 2 is 2.31 bits per heavy atom. The molecule has 0 aliphatic carbocycles. The van der Waals surface area contributed by atoms with Gasteiger partial charge in [-0.15, -0.1) is 11.3 Å². The number of hydrogen-bond donors (Lipinski definition) is 1. The smallest absolute Gasteiger partial charge is 0.186 e. The van der Waals surface area contributed by atoms with E-state index in [1.807, 2.05) is 17.5 Å². The lowest BCUT2D eigenvalue weighted by molar-refractivity contribution is 0.0900. The van der Waals surface area contributed by atoms with Crippen LogP contribution in [-0.4, -0.2) is 41.5 Å². The van der Waals surface area contributed by atoms with E-state index in [0.29, 0.717) is 12.6 Å². The average molecular weight is 241 g/mol. The summed E-state index contributed by atoms with van der Waals surface area (Å²) in [5, 5.41) is 10.7. The highest BCUT2D eigenvalue weighted by molar-refractivity contribution is 7.12. The summed E-state index contributed by atoms with van der Waals surface area (Å²) < 4.78 is 0. The molecule has 0 unspecified atom stereocenters. The number of Topliss-reactive ketones (excluding diaryl/α,β-unsaturated/α-hetero) is 1. The van der Waals surface area contributed by atoms with Gasteiger partial charge < -0.3 is 5.11 Å². The summed E-state index contributed by atoms with van der Waals surface area (Å²) >= 11 is 1.48. The lowest BCUT2D eigenvalue weighted by atomic mass is 10.2. The zero-order valence-electron chi connectivity index (χ0n) is 9.85. The van der Waals surface area contributed by atoms with Crippen molar-refractivity contribution in [1.82, 2.24) is 4.90 Å². The number of carbonyl (C=O) groups excluding carboxylic acids is 1. The number of ketones is 1. The number of hydrogen-bond acceptors (Lipinski definition) is 4. The van der Waals surface area contributed by atoms with Crippen LogP contribution in [-0.2, 0) is 0 Å². The molecule has 0 saturated heterocycles. The second-order valence-electron chi connectivity index (χ2n) is 4.04. The molecule has 1 aromatic heterocycles. The van der Waals surface area contributed by atoms with Gasteiger partial charge in [-0.25, -0.2) is 0 Å². The van der Waals surface area contributed by atoms with Gasteiger partial charge in [-0.05, 0) is 31.7 Å². The highest BCUT2D eigenvalue weighted by Crippen LogP contribution is 2.11. The maximum Gasteiger partial charge on any atom is 0.186 e. The Kier molecular flexibility index (Phi) is 5.66. The van der Waals surface area contributed by atoms with Crippen molar-refractivity contribution in [3.8, 4) is 0 Å². The molecule has 0 saturated carbocycles. The second kappa shape index (κ2) is 6.78. The van der Waals surface area contributed by atoms with Crippen LogP contribution >= 0.6 is 11.3 Å². The van der Waals surface area contributed by atoms with Gasteiger partial charge in [0, 0.05) is 19.2 Å². The largest absolute Gasteiger partial charge is 0.396 e. The van der Waals surface area contributed by atoms with Crippen molar-refractivity contribution in [2.24, 2.45) is 0 Å². The fraction of sp³-hybridized carbons (Fsp3) is 0.583. The molecule has 0 bridgehead atoms. The normalized spacial score (nSPS) is 11.3. The van der Waals surface area contributed by atoms with E-state index < -0.39 is 0 Å². The summed E-state index contributed by atoms with van der Waals surface area (Å²) in [4.78, 5) is 14.8. The monoisotopic (exact) mass is 241 g/mol. The van der Waals surface area contributed by atoms with Crippen LogP contribution in [0.25, 0.3) is 0 Å². The van der Waals surface area contributed by atoms with E-state index in [0.717, 1.165) is 17.8 Å². The SMILES string of the molecule is CC(C)N(CCCO)CC(=O)c1cccs1. The first-order valence-corrected chi connectivity index (χ1v) is 6.44. The lowest BCUT2D eigenvalue weighted by Crippen LogP contribution is -2.36. The molecule has 0 spiro atoms. The van der Waals surface area contributed by atoms with E-state index in [1.54, 1.807) is 0 Å². The molecule has 0 amide bonds. The maximum absolute atomic E-state index is 11.9. The summed E-state index contributed by atoms with van der Waals surface area (Å²) in [6.45, 7) is 5.53. The Morgan fingerprint density at radius 1 is 1.56 bits per heavy atom. The minimum atomic E-state index is 0.168. The van der Waals surface area contributed by atoms with Gasteiger partial charge in [0.1, 0.15) is 0 Å². The molecule has 1 aromatic rings. The predicted molar refractivity (Wildman–Crippen MR) is 67.1 cm³/mol. The van der Waals surface area contributed by atoms with Crippen LogP contribution in [0, 0.1) is 0 Å². The zero-order chi connectivity index (χ0) is 12.0. The van der Waals surface area contributed by atoms with Gasteiger partial charge >= 0.3 is 0 Å². The van der Waals surface area contributed by atoms with E-state index in [9.17, 15) is 4.79 Å². The zero-order valence-corrected chi connectivity index (χ0v) is 10.7. The third kappa shape index (κ3) is 4.04. The highest BCUT2D eigenvalue weighted by Gasteiger charge is 2.15. The molecule has 0 aliphatic heterocycles. The second-order valence-corrected chi connectivity index (χ2v) is 4.99. The standard InChI is InChI=1S/C12H19NO2S/c1-10(2)13(6-4-7-14)9-11(15)12-5-3-8-16-12/h3,5,8,10,14H,4,6-7,9H2,1-2H3. The van der Waals surface area contributed by atoms with Crippen LogP contribution in [0.1, 0.15) is 29.9 Å². The maximum atomic E-state index is 11.9. The van der Waals surface area contributed by atoms with E-state index >= 15 is 0 Å². The van der Waals surface area contributed by atoms with Crippen molar-refractivity contribution in [2.45, 2.75) is 26.3 Å². The van der Waals surface area contributed by atoms with Crippen LogP contribution in [0.2, 0.25) is 0 Å². The van der Waals surface area contributed by atoms with Gasteiger partial charge in [-0.3, -0.25) is 9.69 Å². The first-order valence-electron chi connectivity index (χ1n) is 5.56. The average Bonchev–Trinajstić information content (AvgIpc) is 2.76. The molecule has 1 heterocycles. The van der Waals surface area contributed by atoms with Crippen LogP contribution in [0.15, 0.2) is 17.5 Å². The molecule has 0 aliphatic rings. The van der Waals surface area contributed by atoms with Crippen molar-refractivity contribution in [3.05, 3.63) is 22.4 Å². The Balaban J connectivity index is 2.51. The lowest BCUT2D eigenvalue weighted by Gasteiger charge is -2.25. The van der Waals surface area contributed by atoms with Crippen LogP contribution in [0.3, 0.4) is 0 Å². The Morgan fingerprint density at radius 3 is 2.81 bits per heavy atom. The van der Waals surface area contributed by atoms with Gasteiger partial charge in [-0.2, -0.15) is 0 Å². The molecule has 3 nitrogen and oxygen atoms in total. The Bertz CT molecular complexity index is 309. The third-order valence-corrected chi connectivity index (χ3v) is 3.39. The molecular weight excluding hydrogens is 222 g/mol. The van der Waals surface area contributed by atoms with Crippen molar-refractivity contribution < 1.29 is 9.90 Å². The van der Waals surface area contributed by atoms with Crippen molar-refractivity contribution in [2.75, 3.05) is 19.7 Å². The first-order chi connectivity index (χ1) is 7.65. The predicted octanol–water partition coefficient (Wildman–Crippen LogP) is 2.02. The molecule has 4 heteroatoms. The van der Waals surface area contributed by atoms with Crippen LogP contribution in [0.5, 0.6) is 0 Å². The van der Waals surface area contributed by atoms with E-state index in [2.05, 4.69) is 18.7 Å². The van der Waals surface area contributed by atoms with Gasteiger partial charge in [-0.1, -0.05) is 6.07 Å². The molecule has 16 heavy (non-hydrogen) atoms.